The van der Waals surface area contributed by atoms with E-state index in [1.807, 2.05) is 0 Å². The second-order valence-electron chi connectivity index (χ2n) is 27.9. The van der Waals surface area contributed by atoms with E-state index >= 15 is 0 Å². The zero-order valence-electron chi connectivity index (χ0n) is 58.3. The normalized spacial score (nSPS) is 15.5. The van der Waals surface area contributed by atoms with Crippen LogP contribution in [0.5, 0.6) is 0 Å². The Hall–Kier alpha value is -0.400. The maximum atomic E-state index is 11.6. The Morgan fingerprint density at radius 3 is 0.612 bits per heavy atom. The summed E-state index contributed by atoms with van der Waals surface area (Å²) in [4.78, 5) is 12.5. The average Bonchev–Trinajstić information content (AvgIpc) is 3.53. The molecular weight excluding hydrogens is 1050 g/mol. The van der Waals surface area contributed by atoms with Gasteiger partial charge in [0, 0.05) is 98.2 Å². The molecule has 1 aliphatic heterocycles. The quantitative estimate of drug-likeness (QED) is 0.0377. The highest BCUT2D eigenvalue weighted by Crippen LogP contribution is 2.19. The van der Waals surface area contributed by atoms with Gasteiger partial charge in [0.25, 0.3) is 0 Å². The van der Waals surface area contributed by atoms with Gasteiger partial charge in [-0.05, 0) is 32.1 Å². The first-order chi connectivity index (χ1) is 41.6. The van der Waals surface area contributed by atoms with E-state index in [0.717, 1.165) is 130 Å². The molecule has 85 heavy (non-hydrogen) atoms. The van der Waals surface area contributed by atoms with Gasteiger partial charge in [0.05, 0.1) is 30.5 Å². The summed E-state index contributed by atoms with van der Waals surface area (Å²) in [6, 6.07) is 0. The van der Waals surface area contributed by atoms with Gasteiger partial charge in [-0.2, -0.15) is 0 Å². The highest BCUT2D eigenvalue weighted by molar-refractivity contribution is 4.79. The van der Waals surface area contributed by atoms with Crippen molar-refractivity contribution in [1.29, 1.82) is 0 Å². The van der Waals surface area contributed by atoms with Crippen LogP contribution < -0.4 is 0 Å². The van der Waals surface area contributed by atoms with Crippen LogP contribution in [-0.2, 0) is 0 Å². The largest absolute Gasteiger partial charge is 0.392 e. The fourth-order valence-corrected chi connectivity index (χ4v) is 13.3. The summed E-state index contributed by atoms with van der Waals surface area (Å²) in [6.07, 6.45) is 60.3. The van der Waals surface area contributed by atoms with E-state index in [4.69, 9.17) is 0 Å². The van der Waals surface area contributed by atoms with Crippen LogP contribution in [-0.4, -0.2) is 179 Å². The van der Waals surface area contributed by atoms with Crippen LogP contribution in [0.3, 0.4) is 0 Å². The van der Waals surface area contributed by atoms with Crippen LogP contribution >= 0.6 is 0 Å². The summed E-state index contributed by atoms with van der Waals surface area (Å²) < 4.78 is 0. The number of aliphatic hydroxyl groups excluding tert-OH is 5. The second-order valence-corrected chi connectivity index (χ2v) is 27.9. The molecule has 0 radical (unpaired) electrons. The summed E-state index contributed by atoms with van der Waals surface area (Å²) in [7, 11) is 0. The van der Waals surface area contributed by atoms with Crippen molar-refractivity contribution in [3.63, 3.8) is 0 Å². The fraction of sp³-hybridized carbons (Fsp3) is 1.00. The average molecular weight is 1210 g/mol. The first-order valence-corrected chi connectivity index (χ1v) is 38.7. The van der Waals surface area contributed by atoms with Crippen molar-refractivity contribution >= 4 is 0 Å². The first kappa shape index (κ1) is 82.6. The van der Waals surface area contributed by atoms with Gasteiger partial charge < -0.3 is 25.5 Å². The van der Waals surface area contributed by atoms with Gasteiger partial charge in [-0.15, -0.1) is 0 Å². The molecule has 1 fully saturated rings. The standard InChI is InChI=1S/C75H155N5O5/c1-6-11-16-21-26-31-36-41-46-51-71(81)66-78(63-65-80(69-74(84)54-49-44-39-34-29-24-19-14-9-4)70-75(85)55-50-45-40-35-30-25-20-15-10-5)62-60-76-56-58-77(59-57-76)61-64-79(67-72(82)52-47-42-37-32-27-22-17-12-7-2)68-73(83)53-48-43-38-33-28-23-18-13-8-3/h71-75,81-85H,6-70H2,1-5H3. The summed E-state index contributed by atoms with van der Waals surface area (Å²) in [5.41, 5.74) is 0. The molecule has 0 spiro atoms. The predicted molar refractivity (Wildman–Crippen MR) is 371 cm³/mol. The molecule has 0 bridgehead atoms. The van der Waals surface area contributed by atoms with E-state index < -0.39 is 0 Å². The molecule has 0 amide bonds. The minimum atomic E-state index is -0.386. The number of piperazine rings is 1. The summed E-state index contributed by atoms with van der Waals surface area (Å²) in [5, 5.41) is 57.2. The number of aliphatic hydroxyl groups is 5. The van der Waals surface area contributed by atoms with Gasteiger partial charge in [-0.25, -0.2) is 0 Å². The van der Waals surface area contributed by atoms with Crippen molar-refractivity contribution in [3.8, 4) is 0 Å². The zero-order chi connectivity index (χ0) is 61.7. The molecule has 0 saturated carbocycles. The van der Waals surface area contributed by atoms with Crippen LogP contribution in [0.15, 0.2) is 0 Å². The van der Waals surface area contributed by atoms with Crippen molar-refractivity contribution in [2.24, 2.45) is 0 Å². The van der Waals surface area contributed by atoms with Crippen LogP contribution in [0.1, 0.15) is 356 Å². The molecule has 1 aliphatic rings. The third-order valence-corrected chi connectivity index (χ3v) is 19.2. The summed E-state index contributed by atoms with van der Waals surface area (Å²) >= 11 is 0. The van der Waals surface area contributed by atoms with Gasteiger partial charge in [-0.3, -0.25) is 24.5 Å². The van der Waals surface area contributed by atoms with Crippen molar-refractivity contribution in [3.05, 3.63) is 0 Å². The van der Waals surface area contributed by atoms with Crippen LogP contribution in [0, 0.1) is 0 Å². The third-order valence-electron chi connectivity index (χ3n) is 19.2. The predicted octanol–water partition coefficient (Wildman–Crippen LogP) is 17.9. The molecule has 1 saturated heterocycles. The Morgan fingerprint density at radius 1 is 0.224 bits per heavy atom. The van der Waals surface area contributed by atoms with Crippen molar-refractivity contribution in [2.45, 2.75) is 386 Å². The lowest BCUT2D eigenvalue weighted by Gasteiger charge is -2.37. The Morgan fingerprint density at radius 2 is 0.388 bits per heavy atom. The Labute approximate surface area is 532 Å². The van der Waals surface area contributed by atoms with E-state index in [-0.39, 0.29) is 30.5 Å². The lowest BCUT2D eigenvalue weighted by molar-refractivity contribution is 0.0419. The van der Waals surface area contributed by atoms with E-state index in [0.29, 0.717) is 32.7 Å². The molecule has 5 atom stereocenters. The number of hydrogen-bond donors (Lipinski definition) is 5. The summed E-state index contributed by atoms with van der Waals surface area (Å²) in [6.45, 7) is 24.1. The highest BCUT2D eigenvalue weighted by atomic mass is 16.3. The first-order valence-electron chi connectivity index (χ1n) is 38.7. The molecule has 0 aromatic heterocycles. The van der Waals surface area contributed by atoms with Crippen LogP contribution in [0.2, 0.25) is 0 Å². The van der Waals surface area contributed by atoms with Gasteiger partial charge in [-0.1, -0.05) is 324 Å². The van der Waals surface area contributed by atoms with Crippen LogP contribution in [0.25, 0.3) is 0 Å². The molecule has 0 aromatic rings. The SMILES string of the molecule is CCCCCCCCCCCC(O)CN(CCN1CCN(CCN(CC(O)CCCCCCCCCCC)CC(O)CCCCCCCCCCC)CC1)CCN(CC(O)CCCCCCCCCCC)CC(O)CCCCCCCCCCC. The Bertz CT molecular complexity index is 1230. The van der Waals surface area contributed by atoms with Gasteiger partial charge in [0.2, 0.25) is 0 Å². The molecule has 1 heterocycles. The molecule has 10 heteroatoms. The third kappa shape index (κ3) is 56.1. The maximum Gasteiger partial charge on any atom is 0.0667 e. The fourth-order valence-electron chi connectivity index (χ4n) is 13.3. The molecule has 1 rings (SSSR count). The highest BCUT2D eigenvalue weighted by Gasteiger charge is 2.23. The minimum absolute atomic E-state index is 0.343. The van der Waals surface area contributed by atoms with Crippen molar-refractivity contribution in [2.75, 3.05) is 98.2 Å². The number of nitrogens with zero attached hydrogens (tertiary/aromatic N) is 5. The molecule has 10 nitrogen and oxygen atoms in total. The molecule has 0 aliphatic carbocycles. The van der Waals surface area contributed by atoms with Gasteiger partial charge in [0.15, 0.2) is 0 Å². The molecule has 5 unspecified atom stereocenters. The number of unbranched alkanes of at least 4 members (excludes halogenated alkanes) is 40. The minimum Gasteiger partial charge on any atom is -0.392 e. The molecule has 0 aromatic carbocycles. The van der Waals surface area contributed by atoms with E-state index in [1.165, 1.54) is 257 Å². The molecule has 510 valence electrons. The lowest BCUT2D eigenvalue weighted by atomic mass is 10.0. The van der Waals surface area contributed by atoms with Gasteiger partial charge in [0.1, 0.15) is 0 Å². The molecular formula is C75H155N5O5. The topological polar surface area (TPSA) is 117 Å². The monoisotopic (exact) mass is 1210 g/mol. The maximum absolute atomic E-state index is 11.6. The number of rotatable bonds is 69. The van der Waals surface area contributed by atoms with Gasteiger partial charge >= 0.3 is 0 Å². The second kappa shape index (κ2) is 63.7. The van der Waals surface area contributed by atoms with E-state index in [9.17, 15) is 25.5 Å². The lowest BCUT2D eigenvalue weighted by Crippen LogP contribution is -2.51. The smallest absolute Gasteiger partial charge is 0.0667 e. The Balaban J connectivity index is 2.96. The molecule has 5 N–H and O–H groups in total. The van der Waals surface area contributed by atoms with Crippen LogP contribution in [0.4, 0.5) is 0 Å². The zero-order valence-corrected chi connectivity index (χ0v) is 58.3. The van der Waals surface area contributed by atoms with Crippen molar-refractivity contribution in [1.82, 2.24) is 24.5 Å². The van der Waals surface area contributed by atoms with Crippen molar-refractivity contribution < 1.29 is 25.5 Å². The van der Waals surface area contributed by atoms with E-state index in [2.05, 4.69) is 59.1 Å². The van der Waals surface area contributed by atoms with E-state index in [1.54, 1.807) is 0 Å². The Kier molecular flexibility index (Phi) is 61.9. The number of hydrogen-bond acceptors (Lipinski definition) is 10. The summed E-state index contributed by atoms with van der Waals surface area (Å²) in [5.74, 6) is 0.